The van der Waals surface area contributed by atoms with Crippen LogP contribution in [-0.4, -0.2) is 65.3 Å². The molecule has 8 nitrogen and oxygen atoms in total. The largest absolute Gasteiger partial charge is 0.471 e. The number of anilines is 1. The van der Waals surface area contributed by atoms with Gasteiger partial charge in [0.15, 0.2) is 5.89 Å². The summed E-state index contributed by atoms with van der Waals surface area (Å²) in [6, 6.07) is 6.33. The van der Waals surface area contributed by atoms with Gasteiger partial charge in [0.05, 0.1) is 29.8 Å². The van der Waals surface area contributed by atoms with Gasteiger partial charge in [0.2, 0.25) is 5.88 Å². The predicted molar refractivity (Wildman–Crippen MR) is 108 cm³/mol. The lowest BCUT2D eigenvalue weighted by Crippen LogP contribution is -2.46. The molecule has 2 aliphatic heterocycles. The first-order valence-corrected chi connectivity index (χ1v) is 10.1. The van der Waals surface area contributed by atoms with Crippen molar-refractivity contribution >= 4 is 16.6 Å². The minimum atomic E-state index is 0.0699. The molecule has 0 aliphatic carbocycles. The fourth-order valence-corrected chi connectivity index (χ4v) is 3.95. The van der Waals surface area contributed by atoms with Gasteiger partial charge in [-0.15, -0.1) is 0 Å². The molecule has 5 rings (SSSR count). The Hall–Kier alpha value is -2.71. The van der Waals surface area contributed by atoms with Crippen LogP contribution in [0.2, 0.25) is 0 Å². The van der Waals surface area contributed by atoms with Crippen molar-refractivity contribution in [1.29, 1.82) is 0 Å². The number of rotatable bonds is 5. The summed E-state index contributed by atoms with van der Waals surface area (Å²) in [5, 5.41) is 0.956. The molecule has 0 bridgehead atoms. The Kier molecular flexibility index (Phi) is 5.03. The minimum Gasteiger partial charge on any atom is -0.471 e. The number of ether oxygens (including phenoxy) is 2. The zero-order valence-corrected chi connectivity index (χ0v) is 16.6. The molecule has 1 atom stereocenters. The summed E-state index contributed by atoms with van der Waals surface area (Å²) in [4.78, 5) is 18.0. The van der Waals surface area contributed by atoms with E-state index >= 15 is 0 Å². The number of hydrogen-bond acceptors (Lipinski definition) is 8. The minimum absolute atomic E-state index is 0.0699. The summed E-state index contributed by atoms with van der Waals surface area (Å²) in [7, 11) is 0. The average molecular weight is 395 g/mol. The molecule has 2 fully saturated rings. The number of fused-ring (bicyclic) bond motifs is 1. The van der Waals surface area contributed by atoms with Gasteiger partial charge >= 0.3 is 0 Å². The zero-order valence-electron chi connectivity index (χ0n) is 16.6. The normalized spacial score (nSPS) is 20.4. The number of piperazine rings is 1. The van der Waals surface area contributed by atoms with E-state index < -0.39 is 0 Å². The van der Waals surface area contributed by atoms with E-state index in [1.54, 1.807) is 12.6 Å². The van der Waals surface area contributed by atoms with E-state index in [0.29, 0.717) is 12.5 Å². The lowest BCUT2D eigenvalue weighted by molar-refractivity contribution is 0.139. The van der Waals surface area contributed by atoms with Crippen LogP contribution in [0.3, 0.4) is 0 Å². The molecule has 29 heavy (non-hydrogen) atoms. The first-order valence-electron chi connectivity index (χ1n) is 10.1. The van der Waals surface area contributed by atoms with Gasteiger partial charge in [-0.3, -0.25) is 4.90 Å². The van der Waals surface area contributed by atoms with E-state index in [0.717, 1.165) is 68.2 Å². The fourth-order valence-electron chi connectivity index (χ4n) is 3.95. The molecule has 2 saturated heterocycles. The second-order valence-electron chi connectivity index (χ2n) is 7.60. The third-order valence-corrected chi connectivity index (χ3v) is 5.54. The van der Waals surface area contributed by atoms with E-state index in [4.69, 9.17) is 13.9 Å². The standard InChI is InChI=1S/C21H25N5O3/c1-15-24-16(12-28-15)11-25-5-7-26(8-6-25)17-2-3-20-19(10-17)21(23-14-22-20)29-18-4-9-27-13-18/h2-3,10,12,14,18H,4-9,11,13H2,1H3. The lowest BCUT2D eigenvalue weighted by Gasteiger charge is -2.35. The van der Waals surface area contributed by atoms with Crippen LogP contribution in [0.15, 0.2) is 35.2 Å². The predicted octanol–water partition coefficient (Wildman–Crippen LogP) is 2.42. The highest BCUT2D eigenvalue weighted by Gasteiger charge is 2.21. The Morgan fingerprint density at radius 2 is 2.07 bits per heavy atom. The summed E-state index contributed by atoms with van der Waals surface area (Å²) in [6.45, 7) is 7.97. The molecule has 152 valence electrons. The van der Waals surface area contributed by atoms with Crippen LogP contribution < -0.4 is 9.64 Å². The Bertz CT molecular complexity index is 977. The molecule has 1 unspecified atom stereocenters. The van der Waals surface area contributed by atoms with Gasteiger partial charge in [0.1, 0.15) is 18.7 Å². The molecule has 8 heteroatoms. The summed E-state index contributed by atoms with van der Waals surface area (Å²) in [5.41, 5.74) is 3.07. The molecular formula is C21H25N5O3. The molecule has 0 saturated carbocycles. The second-order valence-corrected chi connectivity index (χ2v) is 7.60. The summed E-state index contributed by atoms with van der Waals surface area (Å²) < 4.78 is 16.8. The first kappa shape index (κ1) is 18.3. The molecule has 0 radical (unpaired) electrons. The Labute approximate surface area is 169 Å². The van der Waals surface area contributed by atoms with E-state index in [9.17, 15) is 0 Å². The van der Waals surface area contributed by atoms with Crippen LogP contribution in [0.4, 0.5) is 5.69 Å². The van der Waals surface area contributed by atoms with Gasteiger partial charge in [-0.2, -0.15) is 0 Å². The molecule has 0 N–H and O–H groups in total. The van der Waals surface area contributed by atoms with Crippen LogP contribution in [0, 0.1) is 6.92 Å². The average Bonchev–Trinajstić information content (AvgIpc) is 3.40. The Balaban J connectivity index is 1.29. The van der Waals surface area contributed by atoms with E-state index in [1.165, 1.54) is 5.69 Å². The maximum atomic E-state index is 6.10. The van der Waals surface area contributed by atoms with Crippen molar-refractivity contribution in [2.45, 2.75) is 26.0 Å². The van der Waals surface area contributed by atoms with Crippen molar-refractivity contribution in [3.8, 4) is 5.88 Å². The topological polar surface area (TPSA) is 76.8 Å². The molecule has 0 amide bonds. The second kappa shape index (κ2) is 7.96. The van der Waals surface area contributed by atoms with Gasteiger partial charge in [0, 0.05) is 51.8 Å². The smallest absolute Gasteiger partial charge is 0.224 e. The van der Waals surface area contributed by atoms with Crippen LogP contribution in [0.25, 0.3) is 10.9 Å². The van der Waals surface area contributed by atoms with Crippen molar-refractivity contribution in [2.24, 2.45) is 0 Å². The van der Waals surface area contributed by atoms with E-state index in [-0.39, 0.29) is 6.10 Å². The number of nitrogens with zero attached hydrogens (tertiary/aromatic N) is 5. The van der Waals surface area contributed by atoms with Crippen LogP contribution in [0.1, 0.15) is 18.0 Å². The summed E-state index contributed by atoms with van der Waals surface area (Å²) >= 11 is 0. The number of aromatic nitrogens is 3. The molecular weight excluding hydrogens is 370 g/mol. The molecule has 4 heterocycles. The van der Waals surface area contributed by atoms with E-state index in [2.05, 4.69) is 43.0 Å². The SMILES string of the molecule is Cc1nc(CN2CCN(c3ccc4ncnc(OC5CCOC5)c4c3)CC2)co1. The number of oxazole rings is 1. The Morgan fingerprint density at radius 1 is 1.17 bits per heavy atom. The van der Waals surface area contributed by atoms with Crippen molar-refractivity contribution in [1.82, 2.24) is 19.9 Å². The van der Waals surface area contributed by atoms with Crippen molar-refractivity contribution in [3.05, 3.63) is 42.4 Å². The lowest BCUT2D eigenvalue weighted by atomic mass is 10.2. The third-order valence-electron chi connectivity index (χ3n) is 5.54. The van der Waals surface area contributed by atoms with Gasteiger partial charge < -0.3 is 18.8 Å². The maximum absolute atomic E-state index is 6.10. The monoisotopic (exact) mass is 395 g/mol. The highest BCUT2D eigenvalue weighted by molar-refractivity contribution is 5.86. The maximum Gasteiger partial charge on any atom is 0.224 e. The van der Waals surface area contributed by atoms with Gasteiger partial charge in [-0.25, -0.2) is 15.0 Å². The highest BCUT2D eigenvalue weighted by Crippen LogP contribution is 2.29. The van der Waals surface area contributed by atoms with Crippen LogP contribution >= 0.6 is 0 Å². The first-order chi connectivity index (χ1) is 14.2. The molecule has 0 spiro atoms. The molecule has 2 aliphatic rings. The quantitative estimate of drug-likeness (QED) is 0.652. The Morgan fingerprint density at radius 3 is 2.83 bits per heavy atom. The highest BCUT2D eigenvalue weighted by atomic mass is 16.5. The number of hydrogen-bond donors (Lipinski definition) is 0. The summed E-state index contributed by atoms with van der Waals surface area (Å²) in [5.74, 6) is 1.37. The molecule has 1 aromatic carbocycles. The van der Waals surface area contributed by atoms with Crippen molar-refractivity contribution in [2.75, 3.05) is 44.3 Å². The van der Waals surface area contributed by atoms with Gasteiger partial charge in [-0.05, 0) is 18.2 Å². The van der Waals surface area contributed by atoms with Gasteiger partial charge in [-0.1, -0.05) is 0 Å². The molecule has 2 aromatic heterocycles. The zero-order chi connectivity index (χ0) is 19.6. The third kappa shape index (κ3) is 4.04. The van der Waals surface area contributed by atoms with Crippen LogP contribution in [0.5, 0.6) is 5.88 Å². The summed E-state index contributed by atoms with van der Waals surface area (Å²) in [6.07, 6.45) is 4.29. The van der Waals surface area contributed by atoms with E-state index in [1.807, 2.05) is 6.92 Å². The number of aryl methyl sites for hydroxylation is 1. The number of benzene rings is 1. The fraction of sp³-hybridized carbons (Fsp3) is 0.476. The molecule has 3 aromatic rings. The van der Waals surface area contributed by atoms with Gasteiger partial charge in [0.25, 0.3) is 0 Å². The van der Waals surface area contributed by atoms with Crippen molar-refractivity contribution in [3.63, 3.8) is 0 Å². The van der Waals surface area contributed by atoms with Crippen LogP contribution in [-0.2, 0) is 11.3 Å². The van der Waals surface area contributed by atoms with Crippen molar-refractivity contribution < 1.29 is 13.9 Å².